The molecule has 2 N–H and O–H groups in total. The molecule has 0 spiro atoms. The number of rotatable bonds is 6. The van der Waals surface area contributed by atoms with Crippen LogP contribution in [-0.2, 0) is 0 Å². The molecule has 18 heavy (non-hydrogen) atoms. The summed E-state index contributed by atoms with van der Waals surface area (Å²) in [5.74, 6) is 6.42. The zero-order chi connectivity index (χ0) is 14.4. The lowest BCUT2D eigenvalue weighted by atomic mass is 9.89. The van der Waals surface area contributed by atoms with Crippen molar-refractivity contribution in [2.45, 2.75) is 71.5 Å². The van der Waals surface area contributed by atoms with E-state index in [4.69, 9.17) is 0 Å². The minimum atomic E-state index is -1.03. The Morgan fingerprint density at radius 3 is 1.83 bits per heavy atom. The third kappa shape index (κ3) is 8.55. The van der Waals surface area contributed by atoms with Crippen LogP contribution in [0.2, 0.25) is 0 Å². The Balaban J connectivity index is 4.56. The van der Waals surface area contributed by atoms with Crippen LogP contribution in [0.15, 0.2) is 0 Å². The number of aliphatic hydroxyl groups is 2. The van der Waals surface area contributed by atoms with Gasteiger partial charge >= 0.3 is 0 Å². The summed E-state index contributed by atoms with van der Waals surface area (Å²) in [6.07, 6.45) is 3.09. The van der Waals surface area contributed by atoms with Gasteiger partial charge in [0.05, 0.1) is 0 Å². The van der Waals surface area contributed by atoms with Crippen LogP contribution in [0, 0.1) is 30.6 Å². The maximum absolute atomic E-state index is 10.2. The molecule has 0 saturated heterocycles. The van der Waals surface area contributed by atoms with Gasteiger partial charge in [0, 0.05) is 0 Å². The maximum atomic E-state index is 10.2. The molecule has 0 saturated carbocycles. The van der Waals surface area contributed by atoms with E-state index in [9.17, 15) is 10.2 Å². The minimum absolute atomic E-state index is 0.379. The van der Waals surface area contributed by atoms with Crippen LogP contribution in [-0.4, -0.2) is 21.4 Å². The summed E-state index contributed by atoms with van der Waals surface area (Å²) in [4.78, 5) is 0. The fourth-order valence-corrected chi connectivity index (χ4v) is 2.30. The summed E-state index contributed by atoms with van der Waals surface area (Å²) in [6, 6.07) is 0. The van der Waals surface area contributed by atoms with E-state index in [2.05, 4.69) is 25.7 Å². The Bertz CT molecular complexity index is 292. The van der Waals surface area contributed by atoms with E-state index >= 15 is 0 Å². The molecule has 3 unspecified atom stereocenters. The lowest BCUT2D eigenvalue weighted by molar-refractivity contribution is 0.0836. The van der Waals surface area contributed by atoms with E-state index in [1.54, 1.807) is 13.8 Å². The third-order valence-corrected chi connectivity index (χ3v) is 2.85. The highest BCUT2D eigenvalue weighted by atomic mass is 16.3. The zero-order valence-corrected chi connectivity index (χ0v) is 12.6. The standard InChI is InChI=1S/C16H29O2/c1-7-8-14(4)12-16(6,18)10-9-15(5,17)11-13(2)3/h13-14,17-18H,1,7-8,11-12H2,2-6H3. The number of hydrogen-bond donors (Lipinski definition) is 2. The van der Waals surface area contributed by atoms with Gasteiger partial charge < -0.3 is 10.2 Å². The van der Waals surface area contributed by atoms with Crippen LogP contribution in [0.3, 0.4) is 0 Å². The van der Waals surface area contributed by atoms with E-state index in [-0.39, 0.29) is 0 Å². The van der Waals surface area contributed by atoms with E-state index in [1.807, 2.05) is 13.8 Å². The van der Waals surface area contributed by atoms with Crippen molar-refractivity contribution in [3.8, 4) is 11.8 Å². The fourth-order valence-electron chi connectivity index (χ4n) is 2.30. The first-order valence-corrected chi connectivity index (χ1v) is 6.86. The average Bonchev–Trinajstić information content (AvgIpc) is 2.12. The van der Waals surface area contributed by atoms with Crippen molar-refractivity contribution in [3.63, 3.8) is 0 Å². The first kappa shape index (κ1) is 17.5. The largest absolute Gasteiger partial charge is 0.378 e. The summed E-state index contributed by atoms with van der Waals surface area (Å²) < 4.78 is 0. The quantitative estimate of drug-likeness (QED) is 0.714. The van der Waals surface area contributed by atoms with Gasteiger partial charge in [-0.15, -0.1) is 0 Å². The average molecular weight is 253 g/mol. The molecular formula is C16H29O2. The van der Waals surface area contributed by atoms with Gasteiger partial charge in [-0.1, -0.05) is 52.4 Å². The molecule has 105 valence electrons. The van der Waals surface area contributed by atoms with Crippen molar-refractivity contribution >= 4 is 0 Å². The first-order chi connectivity index (χ1) is 8.08. The van der Waals surface area contributed by atoms with Crippen LogP contribution in [0.5, 0.6) is 0 Å². The third-order valence-electron chi connectivity index (χ3n) is 2.85. The maximum Gasteiger partial charge on any atom is 0.123 e. The van der Waals surface area contributed by atoms with Crippen LogP contribution in [0.25, 0.3) is 0 Å². The Morgan fingerprint density at radius 1 is 1.00 bits per heavy atom. The van der Waals surface area contributed by atoms with E-state index in [0.29, 0.717) is 24.7 Å². The van der Waals surface area contributed by atoms with Crippen LogP contribution in [0.1, 0.15) is 60.3 Å². The Labute approximate surface area is 113 Å². The van der Waals surface area contributed by atoms with Gasteiger partial charge in [-0.3, -0.25) is 0 Å². The van der Waals surface area contributed by atoms with Gasteiger partial charge in [0.15, 0.2) is 0 Å². The van der Waals surface area contributed by atoms with Crippen molar-refractivity contribution in [3.05, 3.63) is 6.92 Å². The lowest BCUT2D eigenvalue weighted by Crippen LogP contribution is -2.28. The van der Waals surface area contributed by atoms with E-state index < -0.39 is 11.2 Å². The van der Waals surface area contributed by atoms with Crippen LogP contribution >= 0.6 is 0 Å². The zero-order valence-electron chi connectivity index (χ0n) is 12.6. The summed E-state index contributed by atoms with van der Waals surface area (Å²) in [7, 11) is 0. The highest BCUT2D eigenvalue weighted by Crippen LogP contribution is 2.21. The smallest absolute Gasteiger partial charge is 0.123 e. The molecule has 0 heterocycles. The van der Waals surface area contributed by atoms with Crippen LogP contribution < -0.4 is 0 Å². The van der Waals surface area contributed by atoms with Gasteiger partial charge in [0.1, 0.15) is 11.2 Å². The predicted molar refractivity (Wildman–Crippen MR) is 76.9 cm³/mol. The molecule has 3 atom stereocenters. The van der Waals surface area contributed by atoms with Crippen LogP contribution in [0.4, 0.5) is 0 Å². The highest BCUT2D eigenvalue weighted by Gasteiger charge is 2.23. The molecule has 2 heteroatoms. The summed E-state index contributed by atoms with van der Waals surface area (Å²) in [5.41, 5.74) is -2.05. The Kier molecular flexibility index (Phi) is 6.96. The van der Waals surface area contributed by atoms with Gasteiger partial charge in [-0.2, -0.15) is 0 Å². The molecule has 0 aliphatic carbocycles. The highest BCUT2D eigenvalue weighted by molar-refractivity contribution is 5.19. The van der Waals surface area contributed by atoms with Gasteiger partial charge in [0.2, 0.25) is 0 Å². The second-order valence-corrected chi connectivity index (χ2v) is 6.35. The molecule has 0 aromatic carbocycles. The molecule has 0 aliphatic rings. The second-order valence-electron chi connectivity index (χ2n) is 6.35. The summed E-state index contributed by atoms with van der Waals surface area (Å²) >= 11 is 0. The van der Waals surface area contributed by atoms with Crippen molar-refractivity contribution < 1.29 is 10.2 Å². The van der Waals surface area contributed by atoms with Crippen molar-refractivity contribution in [2.24, 2.45) is 11.8 Å². The van der Waals surface area contributed by atoms with Crippen molar-refractivity contribution in [1.29, 1.82) is 0 Å². The molecule has 1 radical (unpaired) electrons. The normalized spacial score (nSPS) is 19.6. The minimum Gasteiger partial charge on any atom is -0.378 e. The molecular weight excluding hydrogens is 224 g/mol. The monoisotopic (exact) mass is 253 g/mol. The molecule has 0 fully saturated rings. The van der Waals surface area contributed by atoms with Gasteiger partial charge in [-0.25, -0.2) is 0 Å². The molecule has 0 amide bonds. The molecule has 0 bridgehead atoms. The lowest BCUT2D eigenvalue weighted by Gasteiger charge is -2.23. The Hall–Kier alpha value is -0.520. The van der Waals surface area contributed by atoms with Crippen molar-refractivity contribution in [1.82, 2.24) is 0 Å². The summed E-state index contributed by atoms with van der Waals surface area (Å²) in [5, 5.41) is 20.3. The molecule has 0 rings (SSSR count). The second kappa shape index (κ2) is 7.16. The molecule has 2 nitrogen and oxygen atoms in total. The molecule has 0 aliphatic heterocycles. The van der Waals surface area contributed by atoms with E-state index in [0.717, 1.165) is 12.8 Å². The van der Waals surface area contributed by atoms with Gasteiger partial charge in [0.25, 0.3) is 0 Å². The number of hydrogen-bond acceptors (Lipinski definition) is 2. The van der Waals surface area contributed by atoms with Crippen molar-refractivity contribution in [2.75, 3.05) is 0 Å². The topological polar surface area (TPSA) is 40.5 Å². The molecule has 0 aromatic heterocycles. The predicted octanol–water partition coefficient (Wildman–Crippen LogP) is 3.18. The summed E-state index contributed by atoms with van der Waals surface area (Å²) in [6.45, 7) is 13.4. The fraction of sp³-hybridized carbons (Fsp3) is 0.812. The first-order valence-electron chi connectivity index (χ1n) is 6.86. The van der Waals surface area contributed by atoms with E-state index in [1.165, 1.54) is 0 Å². The SMILES string of the molecule is [CH2]CCC(C)CC(C)(O)C#CC(C)(O)CC(C)C. The van der Waals surface area contributed by atoms with Gasteiger partial charge in [-0.05, 0) is 38.5 Å². The Morgan fingerprint density at radius 2 is 1.44 bits per heavy atom. The molecule has 0 aromatic rings.